The van der Waals surface area contributed by atoms with Gasteiger partial charge in [0.25, 0.3) is 0 Å². The summed E-state index contributed by atoms with van der Waals surface area (Å²) in [6.07, 6.45) is 15.5. The van der Waals surface area contributed by atoms with Crippen molar-refractivity contribution in [3.63, 3.8) is 0 Å². The van der Waals surface area contributed by atoms with Gasteiger partial charge in [0.2, 0.25) is 0 Å². The topological polar surface area (TPSA) is 7.76 Å². The molecule has 2 aromatic heterocycles. The minimum atomic E-state index is 0.0879. The highest BCUT2D eigenvalue weighted by Gasteiger charge is 2.48. The van der Waals surface area contributed by atoms with Crippen LogP contribution in [-0.2, 0) is 14.1 Å². The van der Waals surface area contributed by atoms with Crippen LogP contribution in [-0.4, -0.2) is 9.61 Å². The van der Waals surface area contributed by atoms with Gasteiger partial charge in [-0.15, -0.1) is 11.8 Å². The molecule has 0 N–H and O–H groups in total. The van der Waals surface area contributed by atoms with Crippen LogP contribution in [0.15, 0.2) is 77.4 Å². The summed E-state index contributed by atoms with van der Waals surface area (Å²) in [6, 6.07) is 8.78. The molecule has 0 saturated heterocycles. The smallest absolute Gasteiger partial charge is 0.169 e. The number of rotatable bonds is 4. The Labute approximate surface area is 195 Å². The van der Waals surface area contributed by atoms with Crippen LogP contribution in [0.3, 0.4) is 0 Å². The van der Waals surface area contributed by atoms with E-state index in [1.807, 2.05) is 7.05 Å². The Balaban J connectivity index is 1.53. The van der Waals surface area contributed by atoms with Gasteiger partial charge >= 0.3 is 0 Å². The summed E-state index contributed by atoms with van der Waals surface area (Å²) in [5.74, 6) is 0.468. The van der Waals surface area contributed by atoms with Crippen molar-refractivity contribution >= 4 is 33.7 Å². The second-order valence-electron chi connectivity index (χ2n) is 9.29. The van der Waals surface area contributed by atoms with E-state index in [9.17, 15) is 0 Å². The van der Waals surface area contributed by atoms with Crippen LogP contribution in [0.2, 0.25) is 0 Å². The molecule has 2 aliphatic carbocycles. The fourth-order valence-corrected chi connectivity index (χ4v) is 7.10. The molecule has 2 atom stereocenters. The molecule has 3 aliphatic rings. The molecule has 2 aromatic rings. The number of pyridine rings is 2. The minimum Gasteiger partial charge on any atom is -0.208 e. The van der Waals surface area contributed by atoms with E-state index in [1.54, 1.807) is 22.3 Å². The van der Waals surface area contributed by atoms with Crippen molar-refractivity contribution in [2.45, 2.75) is 44.3 Å². The van der Waals surface area contributed by atoms with Crippen LogP contribution in [0.25, 0.3) is 4.91 Å². The maximum absolute atomic E-state index is 5.94. The van der Waals surface area contributed by atoms with E-state index in [1.165, 1.54) is 35.3 Å². The molecule has 31 heavy (non-hydrogen) atoms. The maximum Gasteiger partial charge on any atom is 0.169 e. The second-order valence-corrected chi connectivity index (χ2v) is 11.3. The number of aryl methyl sites for hydroxylation is 2. The third-order valence-electron chi connectivity index (χ3n) is 7.33. The molecule has 0 bridgehead atoms. The van der Waals surface area contributed by atoms with Crippen molar-refractivity contribution < 1.29 is 9.13 Å². The Morgan fingerprint density at radius 3 is 2.32 bits per heavy atom. The lowest BCUT2D eigenvalue weighted by Gasteiger charge is -2.40. The SMILES string of the molecule is CC1C(CC(=S)c2cc[n+](C)cc2)=C2CCCC2=C2C=C(c3cc[n+](C)cc3)SC21C. The lowest BCUT2D eigenvalue weighted by atomic mass is 9.71. The van der Waals surface area contributed by atoms with E-state index in [0.29, 0.717) is 5.92 Å². The monoisotopic (exact) mass is 446 g/mol. The Bertz CT molecular complexity index is 1150. The summed E-state index contributed by atoms with van der Waals surface area (Å²) >= 11 is 8.00. The van der Waals surface area contributed by atoms with E-state index in [-0.39, 0.29) is 4.75 Å². The largest absolute Gasteiger partial charge is 0.208 e. The van der Waals surface area contributed by atoms with Crippen molar-refractivity contribution in [2.24, 2.45) is 20.0 Å². The van der Waals surface area contributed by atoms with E-state index in [4.69, 9.17) is 12.2 Å². The predicted molar refractivity (Wildman–Crippen MR) is 133 cm³/mol. The molecule has 4 heteroatoms. The van der Waals surface area contributed by atoms with Gasteiger partial charge in [-0.25, -0.2) is 9.13 Å². The lowest BCUT2D eigenvalue weighted by Crippen LogP contribution is -2.35. The highest BCUT2D eigenvalue weighted by atomic mass is 32.2. The van der Waals surface area contributed by atoms with Gasteiger partial charge in [0.15, 0.2) is 24.8 Å². The molecule has 0 radical (unpaired) electrons. The Kier molecular flexibility index (Phi) is 5.26. The summed E-state index contributed by atoms with van der Waals surface area (Å²) in [6.45, 7) is 4.89. The van der Waals surface area contributed by atoms with E-state index in [2.05, 4.69) is 96.9 Å². The van der Waals surface area contributed by atoms with Gasteiger partial charge in [-0.2, -0.15) is 0 Å². The molecular weight excluding hydrogens is 416 g/mol. The lowest BCUT2D eigenvalue weighted by molar-refractivity contribution is -0.671. The minimum absolute atomic E-state index is 0.0879. The Morgan fingerprint density at radius 1 is 1.03 bits per heavy atom. The summed E-state index contributed by atoms with van der Waals surface area (Å²) in [7, 11) is 4.12. The van der Waals surface area contributed by atoms with Crippen LogP contribution < -0.4 is 9.13 Å². The van der Waals surface area contributed by atoms with Crippen molar-refractivity contribution in [3.05, 3.63) is 88.5 Å². The van der Waals surface area contributed by atoms with Crippen molar-refractivity contribution in [3.8, 4) is 0 Å². The number of fused-ring (bicyclic) bond motifs is 2. The van der Waals surface area contributed by atoms with Gasteiger partial charge in [0.05, 0.1) is 0 Å². The average molecular weight is 447 g/mol. The van der Waals surface area contributed by atoms with Gasteiger partial charge in [0.1, 0.15) is 14.1 Å². The van der Waals surface area contributed by atoms with Crippen LogP contribution in [0.1, 0.15) is 50.7 Å². The first kappa shape index (κ1) is 20.8. The van der Waals surface area contributed by atoms with Crippen LogP contribution in [0.4, 0.5) is 0 Å². The normalized spacial score (nSPS) is 24.9. The fourth-order valence-electron chi connectivity index (χ4n) is 5.31. The first-order chi connectivity index (χ1) is 14.9. The van der Waals surface area contributed by atoms with Gasteiger partial charge < -0.3 is 0 Å². The number of hydrogen-bond donors (Lipinski definition) is 0. The number of thiocarbonyl (C=S) groups is 1. The molecule has 158 valence electrons. The molecular formula is C27H30N2S2+2. The number of allylic oxidation sites excluding steroid dienone is 4. The standard InChI is InChI=1S/C27H30N2S2/c1-18-23(16-25(30)19-8-12-28(3)13-9-19)21-6-5-7-22(21)24-17-26(31-27(18,24)2)20-10-14-29(4)15-11-20/h8-15,17-18H,5-7,16H2,1-4H3/q+2. The number of nitrogens with zero attached hydrogens (tertiary/aromatic N) is 2. The van der Waals surface area contributed by atoms with E-state index < -0.39 is 0 Å². The van der Waals surface area contributed by atoms with Crippen molar-refractivity contribution in [2.75, 3.05) is 0 Å². The molecule has 1 aliphatic heterocycles. The zero-order valence-corrected chi connectivity index (χ0v) is 20.4. The summed E-state index contributed by atoms with van der Waals surface area (Å²) < 4.78 is 4.25. The Hall–Kier alpha value is -2.04. The Morgan fingerprint density at radius 2 is 1.65 bits per heavy atom. The van der Waals surface area contributed by atoms with Crippen LogP contribution in [0.5, 0.6) is 0 Å². The van der Waals surface area contributed by atoms with Gasteiger partial charge in [-0.1, -0.05) is 24.7 Å². The zero-order valence-electron chi connectivity index (χ0n) is 18.8. The highest BCUT2D eigenvalue weighted by Crippen LogP contribution is 2.61. The molecule has 2 nitrogen and oxygen atoms in total. The molecule has 0 aromatic carbocycles. The first-order valence-corrected chi connectivity index (χ1v) is 12.4. The molecule has 0 spiro atoms. The molecule has 0 amide bonds. The summed E-state index contributed by atoms with van der Waals surface area (Å²) in [5, 5.41) is 0. The van der Waals surface area contributed by atoms with Crippen LogP contribution >= 0.6 is 24.0 Å². The second kappa shape index (κ2) is 7.83. The third-order valence-corrected chi connectivity index (χ3v) is 9.28. The molecule has 1 fully saturated rings. The third kappa shape index (κ3) is 3.54. The van der Waals surface area contributed by atoms with Crippen LogP contribution in [0, 0.1) is 5.92 Å². The number of aromatic nitrogens is 2. The number of thioether (sulfide) groups is 1. The van der Waals surface area contributed by atoms with E-state index in [0.717, 1.165) is 11.3 Å². The quantitative estimate of drug-likeness (QED) is 0.352. The zero-order chi connectivity index (χ0) is 21.8. The fraction of sp³-hybridized carbons (Fsp3) is 0.370. The van der Waals surface area contributed by atoms with Gasteiger partial charge in [-0.3, -0.25) is 0 Å². The van der Waals surface area contributed by atoms with E-state index >= 15 is 0 Å². The predicted octanol–water partition coefficient (Wildman–Crippen LogP) is 5.42. The van der Waals surface area contributed by atoms with Gasteiger partial charge in [0, 0.05) is 50.8 Å². The van der Waals surface area contributed by atoms with Crippen molar-refractivity contribution in [1.29, 1.82) is 0 Å². The first-order valence-electron chi connectivity index (χ1n) is 11.2. The highest BCUT2D eigenvalue weighted by molar-refractivity contribution is 8.10. The maximum atomic E-state index is 5.94. The average Bonchev–Trinajstić information content (AvgIpc) is 3.37. The molecule has 2 unspecified atom stereocenters. The molecule has 5 rings (SSSR count). The van der Waals surface area contributed by atoms with Gasteiger partial charge in [-0.05, 0) is 60.5 Å². The van der Waals surface area contributed by atoms with Crippen molar-refractivity contribution in [1.82, 2.24) is 0 Å². The summed E-state index contributed by atoms with van der Waals surface area (Å²) in [5.41, 5.74) is 8.89. The molecule has 3 heterocycles. The number of hydrogen-bond acceptors (Lipinski definition) is 2. The summed E-state index contributed by atoms with van der Waals surface area (Å²) in [4.78, 5) is 2.48. The molecule has 1 saturated carbocycles.